The molecule has 3 amide bonds. The van der Waals surface area contributed by atoms with E-state index in [1.54, 1.807) is 30.3 Å². The number of carbonyl (C=O) groups excluding carboxylic acids is 3. The Morgan fingerprint density at radius 2 is 1.31 bits per heavy atom. The summed E-state index contributed by atoms with van der Waals surface area (Å²) in [6, 6.07) is 3.49. The van der Waals surface area contributed by atoms with Gasteiger partial charge in [0.05, 0.1) is 6.04 Å². The zero-order chi connectivity index (χ0) is 26.5. The molecule has 0 fully saturated rings. The summed E-state index contributed by atoms with van der Waals surface area (Å²) < 4.78 is 0. The number of benzene rings is 1. The van der Waals surface area contributed by atoms with Crippen molar-refractivity contribution in [1.29, 1.82) is 0 Å². The number of amides is 3. The highest BCUT2D eigenvalue weighted by Crippen LogP contribution is 2.05. The van der Waals surface area contributed by atoms with Crippen LogP contribution in [0.4, 0.5) is 0 Å². The van der Waals surface area contributed by atoms with E-state index in [4.69, 9.17) is 15.9 Å². The molecule has 0 saturated heterocycles. The summed E-state index contributed by atoms with van der Waals surface area (Å²) >= 11 is 0. The number of aliphatic carboxylic acids is 3. The Morgan fingerprint density at radius 3 is 1.86 bits per heavy atom. The highest BCUT2D eigenvalue weighted by molar-refractivity contribution is 5.94. The number of hydrogen-bond acceptors (Lipinski definition) is 7. The van der Waals surface area contributed by atoms with Crippen LogP contribution in [0.15, 0.2) is 30.3 Å². The van der Waals surface area contributed by atoms with Gasteiger partial charge < -0.3 is 37.0 Å². The summed E-state index contributed by atoms with van der Waals surface area (Å²) in [4.78, 5) is 70.5. The van der Waals surface area contributed by atoms with E-state index < -0.39 is 66.2 Å². The fourth-order valence-electron chi connectivity index (χ4n) is 2.95. The van der Waals surface area contributed by atoms with Crippen LogP contribution in [0, 0.1) is 0 Å². The van der Waals surface area contributed by atoms with Gasteiger partial charge in [-0.25, -0.2) is 4.79 Å². The molecular formula is C22H30N4O9. The Bertz CT molecular complexity index is 923. The van der Waals surface area contributed by atoms with Gasteiger partial charge in [-0.3, -0.25) is 24.0 Å². The number of carbonyl (C=O) groups is 6. The third kappa shape index (κ3) is 11.1. The first kappa shape index (κ1) is 29.0. The maximum Gasteiger partial charge on any atom is 0.326 e. The molecule has 0 spiro atoms. The molecule has 0 bridgehead atoms. The average molecular weight is 495 g/mol. The van der Waals surface area contributed by atoms with Crippen molar-refractivity contribution < 1.29 is 44.1 Å². The van der Waals surface area contributed by atoms with E-state index in [1.807, 2.05) is 0 Å². The third-order valence-electron chi connectivity index (χ3n) is 4.94. The van der Waals surface area contributed by atoms with Crippen LogP contribution in [0.2, 0.25) is 0 Å². The van der Waals surface area contributed by atoms with E-state index in [-0.39, 0.29) is 25.7 Å². The van der Waals surface area contributed by atoms with Gasteiger partial charge in [0.2, 0.25) is 17.7 Å². The molecule has 4 unspecified atom stereocenters. The van der Waals surface area contributed by atoms with Crippen molar-refractivity contribution >= 4 is 35.6 Å². The molecule has 0 radical (unpaired) electrons. The molecule has 4 atom stereocenters. The summed E-state index contributed by atoms with van der Waals surface area (Å²) in [6.07, 6.45) is -1.38. The highest BCUT2D eigenvalue weighted by Gasteiger charge is 2.29. The Labute approximate surface area is 201 Å². The maximum absolute atomic E-state index is 12.7. The van der Waals surface area contributed by atoms with Crippen LogP contribution >= 0.6 is 0 Å². The lowest BCUT2D eigenvalue weighted by molar-refractivity contribution is -0.142. The zero-order valence-corrected chi connectivity index (χ0v) is 19.1. The molecule has 13 heteroatoms. The number of rotatable bonds is 15. The van der Waals surface area contributed by atoms with Crippen LogP contribution in [-0.2, 0) is 35.2 Å². The lowest BCUT2D eigenvalue weighted by Crippen LogP contribution is -2.56. The van der Waals surface area contributed by atoms with Gasteiger partial charge in [0.1, 0.15) is 18.1 Å². The predicted octanol–water partition coefficient (Wildman–Crippen LogP) is -1.16. The van der Waals surface area contributed by atoms with E-state index in [0.717, 1.165) is 0 Å². The predicted molar refractivity (Wildman–Crippen MR) is 121 cm³/mol. The number of nitrogens with one attached hydrogen (secondary N) is 3. The van der Waals surface area contributed by atoms with E-state index in [0.29, 0.717) is 5.56 Å². The molecule has 0 aliphatic rings. The zero-order valence-electron chi connectivity index (χ0n) is 19.1. The lowest BCUT2D eigenvalue weighted by atomic mass is 10.1. The first-order chi connectivity index (χ1) is 16.4. The normalized spacial score (nSPS) is 14.0. The van der Waals surface area contributed by atoms with Crippen molar-refractivity contribution in [2.45, 2.75) is 63.2 Å². The molecule has 0 aliphatic heterocycles. The molecule has 0 saturated carbocycles. The van der Waals surface area contributed by atoms with E-state index in [9.17, 15) is 33.9 Å². The van der Waals surface area contributed by atoms with Crippen LogP contribution < -0.4 is 21.7 Å². The van der Waals surface area contributed by atoms with Gasteiger partial charge in [-0.05, 0) is 25.3 Å². The second-order valence-electron chi connectivity index (χ2n) is 7.85. The van der Waals surface area contributed by atoms with Gasteiger partial charge in [-0.2, -0.15) is 0 Å². The molecular weight excluding hydrogens is 464 g/mol. The Hall–Kier alpha value is -4.00. The number of carboxylic acids is 3. The summed E-state index contributed by atoms with van der Waals surface area (Å²) in [7, 11) is 0. The molecule has 0 aliphatic carbocycles. The summed E-state index contributed by atoms with van der Waals surface area (Å²) in [6.45, 7) is 1.29. The van der Waals surface area contributed by atoms with Gasteiger partial charge >= 0.3 is 17.9 Å². The lowest BCUT2D eigenvalue weighted by Gasteiger charge is -2.23. The van der Waals surface area contributed by atoms with Crippen molar-refractivity contribution in [1.82, 2.24) is 16.0 Å². The molecule has 1 aromatic carbocycles. The summed E-state index contributed by atoms with van der Waals surface area (Å²) in [5, 5.41) is 34.0. The fraction of sp³-hybridized carbons (Fsp3) is 0.455. The first-order valence-electron chi connectivity index (χ1n) is 10.8. The van der Waals surface area contributed by atoms with Gasteiger partial charge in [0, 0.05) is 19.3 Å². The van der Waals surface area contributed by atoms with E-state index in [2.05, 4.69) is 16.0 Å². The SMILES string of the molecule is CC(NC(=O)C(CCC(=O)O)NC(=O)C(N)CCC(=O)O)C(=O)NC(Cc1ccccc1)C(=O)O. The number of hydrogen-bond donors (Lipinski definition) is 7. The topological polar surface area (TPSA) is 225 Å². The standard InChI is InChI=1S/C22H30N4O9/c1-12(19(31)26-16(22(34)35)11-13-5-3-2-4-6-13)24-21(33)15(8-10-18(29)30)25-20(32)14(23)7-9-17(27)28/h2-6,12,14-16H,7-11,23H2,1H3,(H,24,33)(H,25,32)(H,26,31)(H,27,28)(H,29,30)(H,34,35). The number of carboxylic acid groups (broad SMARTS) is 3. The Balaban J connectivity index is 2.79. The van der Waals surface area contributed by atoms with Gasteiger partial charge in [-0.1, -0.05) is 30.3 Å². The van der Waals surface area contributed by atoms with Gasteiger partial charge in [0.15, 0.2) is 0 Å². The smallest absolute Gasteiger partial charge is 0.326 e. The third-order valence-corrected chi connectivity index (χ3v) is 4.94. The van der Waals surface area contributed by atoms with Crippen molar-refractivity contribution in [3.05, 3.63) is 35.9 Å². The van der Waals surface area contributed by atoms with E-state index in [1.165, 1.54) is 6.92 Å². The minimum atomic E-state index is -1.37. The molecule has 0 aromatic heterocycles. The first-order valence-corrected chi connectivity index (χ1v) is 10.8. The van der Waals surface area contributed by atoms with Crippen LogP contribution in [0.1, 0.15) is 38.2 Å². The number of nitrogens with two attached hydrogens (primary N) is 1. The molecule has 0 heterocycles. The Kier molecular flexibility index (Phi) is 11.9. The molecule has 8 N–H and O–H groups in total. The highest BCUT2D eigenvalue weighted by atomic mass is 16.4. The van der Waals surface area contributed by atoms with Crippen LogP contribution in [0.25, 0.3) is 0 Å². The fourth-order valence-corrected chi connectivity index (χ4v) is 2.95. The summed E-state index contributed by atoms with van der Waals surface area (Å²) in [5.74, 6) is -6.22. The second kappa shape index (κ2) is 14.3. The Morgan fingerprint density at radius 1 is 0.771 bits per heavy atom. The van der Waals surface area contributed by atoms with Gasteiger partial charge in [-0.15, -0.1) is 0 Å². The minimum absolute atomic E-state index is 0.00804. The van der Waals surface area contributed by atoms with Crippen LogP contribution in [-0.4, -0.2) is 75.1 Å². The average Bonchev–Trinajstić information content (AvgIpc) is 2.79. The molecule has 1 aromatic rings. The minimum Gasteiger partial charge on any atom is -0.481 e. The largest absolute Gasteiger partial charge is 0.481 e. The van der Waals surface area contributed by atoms with E-state index >= 15 is 0 Å². The second-order valence-corrected chi connectivity index (χ2v) is 7.85. The molecule has 35 heavy (non-hydrogen) atoms. The van der Waals surface area contributed by atoms with Crippen LogP contribution in [0.3, 0.4) is 0 Å². The van der Waals surface area contributed by atoms with Gasteiger partial charge in [0.25, 0.3) is 0 Å². The molecule has 192 valence electrons. The van der Waals surface area contributed by atoms with Crippen molar-refractivity contribution in [3.63, 3.8) is 0 Å². The quantitative estimate of drug-likeness (QED) is 0.155. The van der Waals surface area contributed by atoms with Crippen molar-refractivity contribution in [3.8, 4) is 0 Å². The van der Waals surface area contributed by atoms with Crippen molar-refractivity contribution in [2.75, 3.05) is 0 Å². The molecule has 1 rings (SSSR count). The van der Waals surface area contributed by atoms with Crippen LogP contribution in [0.5, 0.6) is 0 Å². The monoisotopic (exact) mass is 494 g/mol. The maximum atomic E-state index is 12.7. The van der Waals surface area contributed by atoms with Crippen molar-refractivity contribution in [2.24, 2.45) is 5.73 Å². The summed E-state index contributed by atoms with van der Waals surface area (Å²) in [5.41, 5.74) is 6.30. The molecule has 13 nitrogen and oxygen atoms in total.